The van der Waals surface area contributed by atoms with Gasteiger partial charge in [-0.3, -0.25) is 9.59 Å². The number of carbonyl (C=O) groups is 2. The molecule has 2 N–H and O–H groups in total. The topological polar surface area (TPSA) is 79.3 Å². The van der Waals surface area contributed by atoms with Crippen molar-refractivity contribution in [3.63, 3.8) is 0 Å². The van der Waals surface area contributed by atoms with Crippen molar-refractivity contribution in [2.24, 2.45) is 0 Å². The Morgan fingerprint density at radius 3 is 2.56 bits per heavy atom. The third kappa shape index (κ3) is 4.66. The Hall–Kier alpha value is -2.41. The van der Waals surface area contributed by atoms with Crippen LogP contribution in [0.15, 0.2) is 53.9 Å². The average molecular weight is 421 g/mol. The van der Waals surface area contributed by atoms with E-state index in [1.54, 1.807) is 23.6 Å². The molecule has 0 aliphatic rings. The summed E-state index contributed by atoms with van der Waals surface area (Å²) in [5.74, 6) is -1.54. The van der Waals surface area contributed by atoms with E-state index in [0.717, 1.165) is 5.56 Å². The molecule has 0 unspecified atom stereocenters. The highest BCUT2D eigenvalue weighted by molar-refractivity contribution is 7.12. The fraction of sp³-hybridized carbons (Fsp3) is 0.105. The molecule has 0 saturated heterocycles. The van der Waals surface area contributed by atoms with Gasteiger partial charge < -0.3 is 10.4 Å². The van der Waals surface area contributed by atoms with Gasteiger partial charge in [0.1, 0.15) is 0 Å². The second-order valence-corrected chi connectivity index (χ2v) is 7.31. The molecule has 1 atom stereocenters. The SMILES string of the molecule is O=C(O)C[C@H](NC(=O)c1nc(-c2ccccc2)cs1)c1cccc(Cl)c1Cl. The van der Waals surface area contributed by atoms with Crippen LogP contribution in [-0.2, 0) is 4.79 Å². The van der Waals surface area contributed by atoms with Gasteiger partial charge in [0.05, 0.1) is 28.2 Å². The van der Waals surface area contributed by atoms with Crippen LogP contribution in [0.4, 0.5) is 0 Å². The highest BCUT2D eigenvalue weighted by Gasteiger charge is 2.23. The second-order valence-electron chi connectivity index (χ2n) is 5.67. The zero-order chi connectivity index (χ0) is 19.4. The molecule has 0 aliphatic carbocycles. The summed E-state index contributed by atoms with van der Waals surface area (Å²) in [7, 11) is 0. The minimum atomic E-state index is -1.07. The van der Waals surface area contributed by atoms with Crippen LogP contribution in [0.25, 0.3) is 11.3 Å². The minimum Gasteiger partial charge on any atom is -0.481 e. The van der Waals surface area contributed by atoms with Crippen LogP contribution in [0.1, 0.15) is 27.8 Å². The number of hydrogen-bond donors (Lipinski definition) is 2. The first-order chi connectivity index (χ1) is 13.0. The summed E-state index contributed by atoms with van der Waals surface area (Å²) >= 11 is 13.4. The predicted octanol–water partition coefficient (Wildman–Crippen LogP) is 5.06. The van der Waals surface area contributed by atoms with Gasteiger partial charge in [-0.2, -0.15) is 0 Å². The summed E-state index contributed by atoms with van der Waals surface area (Å²) in [6, 6.07) is 13.5. The number of hydrogen-bond acceptors (Lipinski definition) is 4. The molecule has 27 heavy (non-hydrogen) atoms. The highest BCUT2D eigenvalue weighted by atomic mass is 35.5. The number of nitrogens with one attached hydrogen (secondary N) is 1. The van der Waals surface area contributed by atoms with Crippen LogP contribution >= 0.6 is 34.5 Å². The Bertz CT molecular complexity index is 976. The molecular weight excluding hydrogens is 407 g/mol. The molecule has 3 rings (SSSR count). The van der Waals surface area contributed by atoms with Gasteiger partial charge in [-0.1, -0.05) is 65.7 Å². The zero-order valence-electron chi connectivity index (χ0n) is 13.9. The molecular formula is C19H14Cl2N2O3S. The largest absolute Gasteiger partial charge is 0.481 e. The fourth-order valence-electron chi connectivity index (χ4n) is 2.54. The number of halogens is 2. The standard InChI is InChI=1S/C19H14Cl2N2O3S/c20-13-8-4-7-12(17(13)21)14(9-16(24)25)22-18(26)19-23-15(10-27-19)11-5-2-1-3-6-11/h1-8,10,14H,9H2,(H,22,26)(H,24,25)/t14-/m0/s1. The molecule has 0 spiro atoms. The first-order valence-electron chi connectivity index (χ1n) is 7.93. The van der Waals surface area contributed by atoms with Crippen LogP contribution in [0.5, 0.6) is 0 Å². The van der Waals surface area contributed by atoms with Gasteiger partial charge in [0.25, 0.3) is 5.91 Å². The number of thiazole rings is 1. The van der Waals surface area contributed by atoms with E-state index in [1.165, 1.54) is 11.3 Å². The maximum Gasteiger partial charge on any atom is 0.305 e. The monoisotopic (exact) mass is 420 g/mol. The van der Waals surface area contributed by atoms with Crippen molar-refractivity contribution in [3.05, 3.63) is 74.5 Å². The Morgan fingerprint density at radius 1 is 1.11 bits per heavy atom. The lowest BCUT2D eigenvalue weighted by Crippen LogP contribution is -2.30. The third-order valence-electron chi connectivity index (χ3n) is 3.81. The molecule has 1 amide bonds. The summed E-state index contributed by atoms with van der Waals surface area (Å²) in [6.07, 6.45) is -0.331. The molecule has 0 aliphatic heterocycles. The summed E-state index contributed by atoms with van der Waals surface area (Å²) in [6.45, 7) is 0. The van der Waals surface area contributed by atoms with Crippen molar-refractivity contribution in [2.45, 2.75) is 12.5 Å². The molecule has 0 fully saturated rings. The van der Waals surface area contributed by atoms with E-state index in [9.17, 15) is 14.7 Å². The first-order valence-corrected chi connectivity index (χ1v) is 9.56. The average Bonchev–Trinajstić information content (AvgIpc) is 3.14. The van der Waals surface area contributed by atoms with Crippen molar-refractivity contribution in [2.75, 3.05) is 0 Å². The third-order valence-corrected chi connectivity index (χ3v) is 5.48. The smallest absolute Gasteiger partial charge is 0.305 e. The van der Waals surface area contributed by atoms with Crippen LogP contribution < -0.4 is 5.32 Å². The molecule has 8 heteroatoms. The number of nitrogens with zero attached hydrogens (tertiary/aromatic N) is 1. The Kier molecular flexibility index (Phi) is 6.11. The number of carboxylic acids is 1. The van der Waals surface area contributed by atoms with Crippen LogP contribution in [0.3, 0.4) is 0 Å². The molecule has 1 aromatic heterocycles. The molecule has 3 aromatic rings. The number of rotatable bonds is 6. The number of amides is 1. The first kappa shape index (κ1) is 19.4. The Balaban J connectivity index is 1.84. The van der Waals surface area contributed by atoms with Gasteiger partial charge >= 0.3 is 5.97 Å². The van der Waals surface area contributed by atoms with Gasteiger partial charge in [0, 0.05) is 10.9 Å². The normalized spacial score (nSPS) is 11.8. The minimum absolute atomic E-state index is 0.217. The van der Waals surface area contributed by atoms with Gasteiger partial charge in [0.2, 0.25) is 0 Å². The summed E-state index contributed by atoms with van der Waals surface area (Å²) in [4.78, 5) is 28.2. The quantitative estimate of drug-likeness (QED) is 0.583. The van der Waals surface area contributed by atoms with Crippen LogP contribution in [-0.4, -0.2) is 22.0 Å². The van der Waals surface area contributed by atoms with Gasteiger partial charge in [0.15, 0.2) is 5.01 Å². The van der Waals surface area contributed by atoms with Crippen LogP contribution in [0, 0.1) is 0 Å². The number of carboxylic acid groups (broad SMARTS) is 1. The van der Waals surface area contributed by atoms with E-state index in [-0.39, 0.29) is 16.5 Å². The maximum atomic E-state index is 12.6. The van der Waals surface area contributed by atoms with E-state index in [2.05, 4.69) is 10.3 Å². The predicted molar refractivity (Wildman–Crippen MR) is 106 cm³/mol. The zero-order valence-corrected chi connectivity index (χ0v) is 16.2. The lowest BCUT2D eigenvalue weighted by atomic mass is 10.0. The molecule has 5 nitrogen and oxygen atoms in total. The fourth-order valence-corrected chi connectivity index (χ4v) is 3.71. The molecule has 1 heterocycles. The summed E-state index contributed by atoms with van der Waals surface area (Å²) in [5, 5.41) is 14.4. The molecule has 0 saturated carbocycles. The van der Waals surface area contributed by atoms with E-state index in [1.807, 2.05) is 30.3 Å². The summed E-state index contributed by atoms with van der Waals surface area (Å²) < 4.78 is 0. The lowest BCUT2D eigenvalue weighted by molar-refractivity contribution is -0.137. The summed E-state index contributed by atoms with van der Waals surface area (Å²) in [5.41, 5.74) is 2.02. The van der Waals surface area contributed by atoms with Crippen LogP contribution in [0.2, 0.25) is 10.0 Å². The van der Waals surface area contributed by atoms with E-state index in [4.69, 9.17) is 23.2 Å². The van der Waals surface area contributed by atoms with Crippen molar-refractivity contribution < 1.29 is 14.7 Å². The Labute approximate surface area is 169 Å². The number of carbonyl (C=O) groups excluding carboxylic acids is 1. The molecule has 0 bridgehead atoms. The van der Waals surface area contributed by atoms with E-state index < -0.39 is 17.9 Å². The van der Waals surface area contributed by atoms with E-state index in [0.29, 0.717) is 16.3 Å². The molecule has 2 aromatic carbocycles. The number of aromatic nitrogens is 1. The number of aliphatic carboxylic acids is 1. The van der Waals surface area contributed by atoms with Crippen molar-refractivity contribution in [3.8, 4) is 11.3 Å². The second kappa shape index (κ2) is 8.52. The lowest BCUT2D eigenvalue weighted by Gasteiger charge is -2.18. The molecule has 138 valence electrons. The van der Waals surface area contributed by atoms with Gasteiger partial charge in [-0.05, 0) is 11.6 Å². The van der Waals surface area contributed by atoms with Gasteiger partial charge in [-0.25, -0.2) is 4.98 Å². The number of benzene rings is 2. The molecule has 0 radical (unpaired) electrons. The van der Waals surface area contributed by atoms with Crippen molar-refractivity contribution in [1.82, 2.24) is 10.3 Å². The van der Waals surface area contributed by atoms with Crippen molar-refractivity contribution in [1.29, 1.82) is 0 Å². The van der Waals surface area contributed by atoms with Crippen molar-refractivity contribution >= 4 is 46.4 Å². The van der Waals surface area contributed by atoms with Gasteiger partial charge in [-0.15, -0.1) is 11.3 Å². The highest BCUT2D eigenvalue weighted by Crippen LogP contribution is 2.32. The van der Waals surface area contributed by atoms with E-state index >= 15 is 0 Å². The maximum absolute atomic E-state index is 12.6. The Morgan fingerprint density at radius 2 is 1.85 bits per heavy atom.